The zero-order valence-corrected chi connectivity index (χ0v) is 14.6. The first-order valence-electron chi connectivity index (χ1n) is 7.62. The molecule has 0 unspecified atom stereocenters. The fourth-order valence-corrected chi connectivity index (χ4v) is 2.83. The van der Waals surface area contributed by atoms with Gasteiger partial charge in [-0.2, -0.15) is 0 Å². The Hall–Kier alpha value is -2.74. The van der Waals surface area contributed by atoms with Crippen LogP contribution in [0.5, 0.6) is 5.75 Å². The average molecular weight is 359 g/mol. The summed E-state index contributed by atoms with van der Waals surface area (Å²) >= 11 is 0.899. The Kier molecular flexibility index (Phi) is 5.08. The Morgan fingerprint density at radius 2 is 2.08 bits per heavy atom. The van der Waals surface area contributed by atoms with Crippen molar-refractivity contribution in [1.29, 1.82) is 0 Å². The molecule has 0 atom stereocenters. The normalized spacial score (nSPS) is 15.5. The van der Waals surface area contributed by atoms with Gasteiger partial charge < -0.3 is 14.1 Å². The van der Waals surface area contributed by atoms with Crippen molar-refractivity contribution < 1.29 is 18.7 Å². The van der Waals surface area contributed by atoms with E-state index in [1.165, 1.54) is 0 Å². The predicted molar refractivity (Wildman–Crippen MR) is 95.6 cm³/mol. The third-order valence-electron chi connectivity index (χ3n) is 3.45. The first-order valence-corrected chi connectivity index (χ1v) is 8.44. The van der Waals surface area contributed by atoms with Gasteiger partial charge in [0.2, 0.25) is 0 Å². The lowest BCUT2D eigenvalue weighted by Crippen LogP contribution is -2.23. The maximum Gasteiger partial charge on any atom is 0.297 e. The Morgan fingerprint density at radius 1 is 1.32 bits per heavy atom. The molecule has 0 spiro atoms. The predicted octanol–water partition coefficient (Wildman–Crippen LogP) is 2.82. The van der Waals surface area contributed by atoms with Crippen molar-refractivity contribution in [2.45, 2.75) is 6.92 Å². The number of likely N-dealkylation sites (N-methyl/N-ethyl adjacent to an activating group) is 1. The molecule has 3 rings (SSSR count). The van der Waals surface area contributed by atoms with Crippen LogP contribution in [-0.4, -0.2) is 36.3 Å². The fourth-order valence-electron chi connectivity index (χ4n) is 2.15. The monoisotopic (exact) mass is 359 g/mol. The molecule has 1 aliphatic heterocycles. The van der Waals surface area contributed by atoms with Gasteiger partial charge in [0.15, 0.2) is 0 Å². The molecular formula is C17H17N3O4S. The largest absolute Gasteiger partial charge is 0.492 e. The summed E-state index contributed by atoms with van der Waals surface area (Å²) in [5, 5.41) is 1.88. The van der Waals surface area contributed by atoms with Gasteiger partial charge in [0.25, 0.3) is 17.2 Å². The molecule has 2 heterocycles. The van der Waals surface area contributed by atoms with Gasteiger partial charge in [-0.1, -0.05) is 12.1 Å². The summed E-state index contributed by atoms with van der Waals surface area (Å²) in [6.07, 6.45) is 3.35. The second-order valence-corrected chi connectivity index (χ2v) is 6.46. The van der Waals surface area contributed by atoms with Crippen LogP contribution in [0, 0.1) is 6.92 Å². The number of aromatic nitrogens is 1. The number of carbonyl (C=O) groups is 2. The number of benzene rings is 1. The van der Waals surface area contributed by atoms with E-state index in [0.717, 1.165) is 28.8 Å². The second kappa shape index (κ2) is 7.43. The lowest BCUT2D eigenvalue weighted by Gasteiger charge is -2.15. The average Bonchev–Trinajstić information content (AvgIpc) is 3.14. The van der Waals surface area contributed by atoms with E-state index in [1.54, 1.807) is 12.3 Å². The highest BCUT2D eigenvalue weighted by molar-refractivity contribution is 8.18. The van der Waals surface area contributed by atoms with Crippen molar-refractivity contribution >= 4 is 35.0 Å². The number of aryl methyl sites for hydroxylation is 1. The maximum atomic E-state index is 11.5. The van der Waals surface area contributed by atoms with Crippen molar-refractivity contribution in [2.24, 2.45) is 0 Å². The third-order valence-corrected chi connectivity index (χ3v) is 4.26. The molecule has 0 bridgehead atoms. The number of rotatable bonds is 6. The maximum absolute atomic E-state index is 11.5. The zero-order chi connectivity index (χ0) is 17.8. The van der Waals surface area contributed by atoms with Gasteiger partial charge in [-0.05, 0) is 42.5 Å². The summed E-state index contributed by atoms with van der Waals surface area (Å²) in [6, 6.07) is 7.87. The van der Waals surface area contributed by atoms with Gasteiger partial charge >= 0.3 is 0 Å². The van der Waals surface area contributed by atoms with Crippen LogP contribution in [0.25, 0.3) is 6.08 Å². The first kappa shape index (κ1) is 17.1. The van der Waals surface area contributed by atoms with Gasteiger partial charge in [0, 0.05) is 7.05 Å². The molecule has 7 nitrogen and oxygen atoms in total. The van der Waals surface area contributed by atoms with Crippen LogP contribution >= 0.6 is 11.8 Å². The van der Waals surface area contributed by atoms with E-state index in [1.807, 2.05) is 43.1 Å². The van der Waals surface area contributed by atoms with Gasteiger partial charge in [-0.3, -0.25) is 14.9 Å². The van der Waals surface area contributed by atoms with Crippen LogP contribution in [0.3, 0.4) is 0 Å². The smallest absolute Gasteiger partial charge is 0.297 e. The van der Waals surface area contributed by atoms with Crippen molar-refractivity contribution in [3.05, 3.63) is 46.7 Å². The summed E-state index contributed by atoms with van der Waals surface area (Å²) in [5.74, 6) is 1.13. The van der Waals surface area contributed by atoms with Gasteiger partial charge in [0.05, 0.1) is 17.6 Å². The lowest BCUT2D eigenvalue weighted by atomic mass is 10.2. The molecular weight excluding hydrogens is 342 g/mol. The van der Waals surface area contributed by atoms with E-state index in [4.69, 9.17) is 9.15 Å². The molecule has 8 heteroatoms. The lowest BCUT2D eigenvalue weighted by molar-refractivity contribution is -0.115. The minimum atomic E-state index is -0.361. The molecule has 0 aliphatic carbocycles. The highest BCUT2D eigenvalue weighted by atomic mass is 32.2. The molecule has 25 heavy (non-hydrogen) atoms. The number of nitrogens with zero attached hydrogens (tertiary/aromatic N) is 2. The van der Waals surface area contributed by atoms with Crippen molar-refractivity contribution in [3.8, 4) is 5.75 Å². The van der Waals surface area contributed by atoms with E-state index in [2.05, 4.69) is 10.3 Å². The molecule has 1 fully saturated rings. The van der Waals surface area contributed by atoms with Crippen LogP contribution in [0.4, 0.5) is 10.8 Å². The SMILES string of the molecule is Cc1cnc(N(C)CCOc2ccc(C=C3SC(=O)NC3=O)cc2)o1. The number of hydrogen-bond acceptors (Lipinski definition) is 7. The number of oxazole rings is 1. The Balaban J connectivity index is 1.52. The number of thioether (sulfide) groups is 1. The van der Waals surface area contributed by atoms with E-state index < -0.39 is 0 Å². The van der Waals surface area contributed by atoms with Crippen molar-refractivity contribution in [3.63, 3.8) is 0 Å². The Morgan fingerprint density at radius 3 is 2.68 bits per heavy atom. The minimum absolute atomic E-state index is 0.346. The van der Waals surface area contributed by atoms with Crippen LogP contribution in [0.15, 0.2) is 39.8 Å². The third kappa shape index (κ3) is 4.42. The highest BCUT2D eigenvalue weighted by Crippen LogP contribution is 2.26. The molecule has 1 N–H and O–H groups in total. The Labute approximate surface area is 149 Å². The standard InChI is InChI=1S/C17H17N3O4S/c1-11-10-18-16(24-11)20(2)7-8-23-13-5-3-12(4-6-13)9-14-15(21)19-17(22)25-14/h3-6,9-10H,7-8H2,1-2H3,(H,19,21,22). The molecule has 0 saturated carbocycles. The van der Waals surface area contributed by atoms with Crippen molar-refractivity contribution in [1.82, 2.24) is 10.3 Å². The van der Waals surface area contributed by atoms with Crippen molar-refractivity contribution in [2.75, 3.05) is 25.1 Å². The van der Waals surface area contributed by atoms with Crippen LogP contribution in [0.1, 0.15) is 11.3 Å². The number of imide groups is 1. The molecule has 1 saturated heterocycles. The van der Waals surface area contributed by atoms with E-state index in [-0.39, 0.29) is 11.1 Å². The number of nitrogens with one attached hydrogen (secondary N) is 1. The fraction of sp³-hybridized carbons (Fsp3) is 0.235. The minimum Gasteiger partial charge on any atom is -0.492 e. The van der Waals surface area contributed by atoms with E-state index in [0.29, 0.717) is 24.1 Å². The molecule has 1 aromatic carbocycles. The van der Waals surface area contributed by atoms with Crippen LogP contribution in [0.2, 0.25) is 0 Å². The summed E-state index contributed by atoms with van der Waals surface area (Å²) in [5.41, 5.74) is 0.826. The number of carbonyl (C=O) groups excluding carboxylic acids is 2. The summed E-state index contributed by atoms with van der Waals surface area (Å²) in [7, 11) is 1.88. The number of hydrogen-bond donors (Lipinski definition) is 1. The van der Waals surface area contributed by atoms with E-state index >= 15 is 0 Å². The molecule has 2 aromatic rings. The highest BCUT2D eigenvalue weighted by Gasteiger charge is 2.24. The first-order chi connectivity index (χ1) is 12.0. The van der Waals surface area contributed by atoms with Crippen LogP contribution < -0.4 is 15.0 Å². The van der Waals surface area contributed by atoms with Gasteiger partial charge in [-0.25, -0.2) is 4.98 Å². The number of amides is 2. The number of anilines is 1. The van der Waals surface area contributed by atoms with Gasteiger partial charge in [-0.15, -0.1) is 0 Å². The second-order valence-electron chi connectivity index (χ2n) is 5.44. The van der Waals surface area contributed by atoms with E-state index in [9.17, 15) is 9.59 Å². The molecule has 1 aromatic heterocycles. The van der Waals surface area contributed by atoms with Gasteiger partial charge in [0.1, 0.15) is 18.1 Å². The molecule has 2 amide bonds. The quantitative estimate of drug-likeness (QED) is 0.794. The Bertz CT molecular complexity index is 814. The molecule has 0 radical (unpaired) electrons. The topological polar surface area (TPSA) is 84.7 Å². The summed E-state index contributed by atoms with van der Waals surface area (Å²) in [4.78, 5) is 29.1. The molecule has 130 valence electrons. The summed E-state index contributed by atoms with van der Waals surface area (Å²) < 4.78 is 11.1. The van der Waals surface area contributed by atoms with Crippen LogP contribution in [-0.2, 0) is 4.79 Å². The summed E-state index contributed by atoms with van der Waals surface area (Å²) in [6.45, 7) is 2.96. The zero-order valence-electron chi connectivity index (χ0n) is 13.8. The number of ether oxygens (including phenoxy) is 1. The molecule has 1 aliphatic rings.